The summed E-state index contributed by atoms with van der Waals surface area (Å²) in [6.45, 7) is 3.18. The van der Waals surface area contributed by atoms with E-state index in [1.54, 1.807) is 0 Å². The van der Waals surface area contributed by atoms with Crippen LogP contribution >= 0.6 is 0 Å². The first-order chi connectivity index (χ1) is 11.8. The first-order valence-corrected chi connectivity index (χ1v) is 8.57. The molecule has 0 saturated heterocycles. The van der Waals surface area contributed by atoms with Crippen LogP contribution in [-0.4, -0.2) is 6.54 Å². The molecule has 3 aromatic rings. The fraction of sp³-hybridized carbons (Fsp3) is 0.182. The van der Waals surface area contributed by atoms with Gasteiger partial charge in [0.2, 0.25) is 0 Å². The van der Waals surface area contributed by atoms with E-state index in [1.807, 2.05) is 24.3 Å². The molecule has 0 aliphatic heterocycles. The molecule has 0 aromatic heterocycles. The first-order valence-electron chi connectivity index (χ1n) is 8.57. The van der Waals surface area contributed by atoms with E-state index in [1.165, 1.54) is 16.8 Å². The lowest BCUT2D eigenvalue weighted by molar-refractivity contribution is 0.786. The molecule has 3 aromatic carbocycles. The van der Waals surface area contributed by atoms with Crippen LogP contribution in [0.1, 0.15) is 19.8 Å². The Bertz CT molecular complexity index is 763. The van der Waals surface area contributed by atoms with Crippen molar-refractivity contribution >= 4 is 17.1 Å². The Hall–Kier alpha value is -2.74. The predicted molar refractivity (Wildman–Crippen MR) is 105 cm³/mol. The summed E-state index contributed by atoms with van der Waals surface area (Å²) in [6.07, 6.45) is 2.29. The largest absolute Gasteiger partial charge is 0.397 e. The minimum atomic E-state index is 0.820. The standard InChI is InChI=1S/C22H24N2/c1-2-3-17-24(22-12-8-7-11-21(22)23)20-15-13-19(14-16-20)18-9-5-4-6-10-18/h4-16H,2-3,17,23H2,1H3. The summed E-state index contributed by atoms with van der Waals surface area (Å²) >= 11 is 0. The van der Waals surface area contributed by atoms with Gasteiger partial charge in [0.15, 0.2) is 0 Å². The number of anilines is 3. The summed E-state index contributed by atoms with van der Waals surface area (Å²) < 4.78 is 0. The van der Waals surface area contributed by atoms with Crippen molar-refractivity contribution in [1.29, 1.82) is 0 Å². The van der Waals surface area contributed by atoms with Crippen molar-refractivity contribution in [2.24, 2.45) is 0 Å². The zero-order chi connectivity index (χ0) is 16.8. The summed E-state index contributed by atoms with van der Waals surface area (Å²) in [4.78, 5) is 2.31. The van der Waals surface area contributed by atoms with E-state index in [2.05, 4.69) is 66.4 Å². The van der Waals surface area contributed by atoms with Gasteiger partial charge in [-0.3, -0.25) is 0 Å². The van der Waals surface area contributed by atoms with E-state index in [9.17, 15) is 0 Å². The van der Waals surface area contributed by atoms with E-state index < -0.39 is 0 Å². The van der Waals surface area contributed by atoms with Crippen LogP contribution in [0.2, 0.25) is 0 Å². The van der Waals surface area contributed by atoms with Crippen LogP contribution in [-0.2, 0) is 0 Å². The fourth-order valence-corrected chi connectivity index (χ4v) is 2.90. The number of benzene rings is 3. The molecule has 0 amide bonds. The summed E-state index contributed by atoms with van der Waals surface area (Å²) in [7, 11) is 0. The number of nitrogens with two attached hydrogens (primary N) is 1. The van der Waals surface area contributed by atoms with Crippen molar-refractivity contribution in [1.82, 2.24) is 0 Å². The maximum atomic E-state index is 6.21. The monoisotopic (exact) mass is 316 g/mol. The molecule has 122 valence electrons. The van der Waals surface area contributed by atoms with Gasteiger partial charge < -0.3 is 10.6 Å². The quantitative estimate of drug-likeness (QED) is 0.576. The van der Waals surface area contributed by atoms with Gasteiger partial charge in [0.05, 0.1) is 11.4 Å². The first kappa shape index (κ1) is 16.1. The number of hydrogen-bond donors (Lipinski definition) is 1. The van der Waals surface area contributed by atoms with Gasteiger partial charge in [0.25, 0.3) is 0 Å². The number of unbranched alkanes of at least 4 members (excludes halogenated alkanes) is 1. The molecule has 24 heavy (non-hydrogen) atoms. The Morgan fingerprint density at radius 3 is 2.04 bits per heavy atom. The van der Waals surface area contributed by atoms with Crippen molar-refractivity contribution < 1.29 is 0 Å². The van der Waals surface area contributed by atoms with Crippen LogP contribution in [0.4, 0.5) is 17.1 Å². The van der Waals surface area contributed by atoms with Crippen LogP contribution < -0.4 is 10.6 Å². The summed E-state index contributed by atoms with van der Waals surface area (Å²) in [5.74, 6) is 0. The summed E-state index contributed by atoms with van der Waals surface area (Å²) in [6, 6.07) is 27.3. The Kier molecular flexibility index (Phi) is 5.17. The molecular weight excluding hydrogens is 292 g/mol. The van der Waals surface area contributed by atoms with Crippen molar-refractivity contribution in [3.8, 4) is 11.1 Å². The zero-order valence-electron chi connectivity index (χ0n) is 14.2. The minimum absolute atomic E-state index is 0.820. The van der Waals surface area contributed by atoms with Gasteiger partial charge in [0, 0.05) is 12.2 Å². The topological polar surface area (TPSA) is 29.3 Å². The second-order valence-electron chi connectivity index (χ2n) is 5.98. The van der Waals surface area contributed by atoms with E-state index in [-0.39, 0.29) is 0 Å². The Labute approximate surface area is 144 Å². The van der Waals surface area contributed by atoms with E-state index in [4.69, 9.17) is 5.73 Å². The maximum Gasteiger partial charge on any atom is 0.0644 e. The SMILES string of the molecule is CCCCN(c1ccc(-c2ccccc2)cc1)c1ccccc1N. The van der Waals surface area contributed by atoms with Crippen LogP contribution in [0.3, 0.4) is 0 Å². The van der Waals surface area contributed by atoms with Crippen LogP contribution in [0, 0.1) is 0 Å². The highest BCUT2D eigenvalue weighted by Gasteiger charge is 2.11. The molecule has 2 heteroatoms. The molecule has 0 atom stereocenters. The summed E-state index contributed by atoms with van der Waals surface area (Å²) in [5, 5.41) is 0. The maximum absolute atomic E-state index is 6.21. The fourth-order valence-electron chi connectivity index (χ4n) is 2.90. The Balaban J connectivity index is 1.92. The highest BCUT2D eigenvalue weighted by molar-refractivity contribution is 5.76. The third-order valence-corrected chi connectivity index (χ3v) is 4.25. The van der Waals surface area contributed by atoms with Gasteiger partial charge in [-0.05, 0) is 41.8 Å². The smallest absolute Gasteiger partial charge is 0.0644 e. The van der Waals surface area contributed by atoms with E-state index in [0.29, 0.717) is 0 Å². The van der Waals surface area contributed by atoms with Gasteiger partial charge in [0.1, 0.15) is 0 Å². The second-order valence-corrected chi connectivity index (χ2v) is 5.98. The van der Waals surface area contributed by atoms with Gasteiger partial charge in [-0.2, -0.15) is 0 Å². The number of nitrogens with zero attached hydrogens (tertiary/aromatic N) is 1. The molecule has 0 saturated carbocycles. The average molecular weight is 316 g/mol. The molecule has 2 N–H and O–H groups in total. The summed E-state index contributed by atoms with van der Waals surface area (Å²) in [5.41, 5.74) is 11.8. The van der Waals surface area contributed by atoms with Gasteiger partial charge in [-0.15, -0.1) is 0 Å². The molecule has 0 bridgehead atoms. The van der Waals surface area contributed by atoms with Crippen LogP contribution in [0.15, 0.2) is 78.9 Å². The van der Waals surface area contributed by atoms with Crippen molar-refractivity contribution in [2.45, 2.75) is 19.8 Å². The van der Waals surface area contributed by atoms with Crippen molar-refractivity contribution in [3.05, 3.63) is 78.9 Å². The molecule has 0 radical (unpaired) electrons. The molecule has 2 nitrogen and oxygen atoms in total. The van der Waals surface area contributed by atoms with Gasteiger partial charge in [-0.1, -0.05) is 67.9 Å². The molecule has 0 aliphatic rings. The molecule has 0 fully saturated rings. The number of nitrogen functional groups attached to an aromatic ring is 1. The Morgan fingerprint density at radius 2 is 1.38 bits per heavy atom. The van der Waals surface area contributed by atoms with Crippen molar-refractivity contribution in [2.75, 3.05) is 17.2 Å². The third-order valence-electron chi connectivity index (χ3n) is 4.25. The average Bonchev–Trinajstić information content (AvgIpc) is 2.64. The molecule has 0 unspecified atom stereocenters. The lowest BCUT2D eigenvalue weighted by Gasteiger charge is -2.26. The molecular formula is C22H24N2. The van der Waals surface area contributed by atoms with E-state index >= 15 is 0 Å². The third kappa shape index (κ3) is 3.60. The van der Waals surface area contributed by atoms with Crippen LogP contribution in [0.25, 0.3) is 11.1 Å². The second kappa shape index (κ2) is 7.69. The lowest BCUT2D eigenvalue weighted by atomic mass is 10.0. The highest BCUT2D eigenvalue weighted by Crippen LogP contribution is 2.32. The minimum Gasteiger partial charge on any atom is -0.397 e. The van der Waals surface area contributed by atoms with Crippen molar-refractivity contribution in [3.63, 3.8) is 0 Å². The number of para-hydroxylation sites is 2. The lowest BCUT2D eigenvalue weighted by Crippen LogP contribution is -2.19. The molecule has 0 aliphatic carbocycles. The zero-order valence-corrected chi connectivity index (χ0v) is 14.2. The number of hydrogen-bond acceptors (Lipinski definition) is 2. The van der Waals surface area contributed by atoms with Crippen LogP contribution in [0.5, 0.6) is 0 Å². The van der Waals surface area contributed by atoms with E-state index in [0.717, 1.165) is 30.8 Å². The molecule has 0 heterocycles. The predicted octanol–water partition coefficient (Wildman–Crippen LogP) is 5.87. The van der Waals surface area contributed by atoms with Gasteiger partial charge >= 0.3 is 0 Å². The normalized spacial score (nSPS) is 10.5. The number of rotatable bonds is 6. The molecule has 3 rings (SSSR count). The Morgan fingerprint density at radius 1 is 0.750 bits per heavy atom. The molecule has 0 spiro atoms. The van der Waals surface area contributed by atoms with Gasteiger partial charge in [-0.25, -0.2) is 0 Å². The highest BCUT2D eigenvalue weighted by atomic mass is 15.1.